The van der Waals surface area contributed by atoms with E-state index in [0.29, 0.717) is 33.3 Å². The first-order chi connectivity index (χ1) is 17.5. The highest BCUT2D eigenvalue weighted by Crippen LogP contribution is 2.28. The van der Waals surface area contributed by atoms with Gasteiger partial charge in [0.1, 0.15) is 12.6 Å². The minimum atomic E-state index is -3.80. The van der Waals surface area contributed by atoms with Crippen LogP contribution in [0.3, 0.4) is 0 Å². The fourth-order valence-corrected chi connectivity index (χ4v) is 6.18. The van der Waals surface area contributed by atoms with Crippen LogP contribution in [-0.2, 0) is 26.2 Å². The lowest BCUT2D eigenvalue weighted by Gasteiger charge is -2.34. The number of aryl methyl sites for hydroxylation is 1. The number of rotatable bonds is 10. The van der Waals surface area contributed by atoms with Crippen molar-refractivity contribution in [2.24, 2.45) is 0 Å². The van der Waals surface area contributed by atoms with Crippen molar-refractivity contribution in [2.45, 2.75) is 71.0 Å². The highest BCUT2D eigenvalue weighted by atomic mass is 35.5. The lowest BCUT2D eigenvalue weighted by molar-refractivity contribution is -0.140. The predicted octanol–water partition coefficient (Wildman–Crippen LogP) is 5.32. The van der Waals surface area contributed by atoms with Gasteiger partial charge in [-0.1, -0.05) is 73.7 Å². The normalized spacial score (nSPS) is 15.2. The maximum Gasteiger partial charge on any atom is 0.244 e. The quantitative estimate of drug-likeness (QED) is 0.420. The molecule has 0 radical (unpaired) electrons. The fraction of sp³-hybridized carbons (Fsp3) is 0.481. The predicted molar refractivity (Wildman–Crippen MR) is 149 cm³/mol. The number of nitrogens with one attached hydrogen (secondary N) is 1. The number of benzene rings is 2. The number of halogens is 2. The second-order valence-corrected chi connectivity index (χ2v) is 12.3. The van der Waals surface area contributed by atoms with Crippen LogP contribution in [0.25, 0.3) is 0 Å². The van der Waals surface area contributed by atoms with Crippen LogP contribution in [0.2, 0.25) is 10.0 Å². The molecule has 0 spiro atoms. The Kier molecular flexibility index (Phi) is 10.3. The van der Waals surface area contributed by atoms with E-state index in [1.54, 1.807) is 49.4 Å². The lowest BCUT2D eigenvalue weighted by atomic mass is 9.95. The molecule has 0 bridgehead atoms. The molecule has 10 heteroatoms. The molecule has 2 aromatic carbocycles. The molecular weight excluding hydrogens is 533 g/mol. The van der Waals surface area contributed by atoms with E-state index in [9.17, 15) is 18.0 Å². The van der Waals surface area contributed by atoms with E-state index in [-0.39, 0.29) is 18.5 Å². The minimum Gasteiger partial charge on any atom is -0.352 e. The van der Waals surface area contributed by atoms with Crippen LogP contribution < -0.4 is 9.62 Å². The molecule has 0 saturated heterocycles. The molecule has 2 aromatic rings. The van der Waals surface area contributed by atoms with Crippen LogP contribution >= 0.6 is 23.2 Å². The number of para-hydroxylation sites is 1. The number of anilines is 1. The van der Waals surface area contributed by atoms with Gasteiger partial charge in [0.2, 0.25) is 21.8 Å². The Balaban J connectivity index is 1.97. The Labute approximate surface area is 230 Å². The number of nitrogens with zero attached hydrogens (tertiary/aromatic N) is 2. The Morgan fingerprint density at radius 2 is 1.65 bits per heavy atom. The van der Waals surface area contributed by atoms with E-state index >= 15 is 0 Å². The van der Waals surface area contributed by atoms with Crippen molar-refractivity contribution in [1.82, 2.24) is 10.2 Å². The molecule has 1 unspecified atom stereocenters. The van der Waals surface area contributed by atoms with E-state index in [0.717, 1.165) is 42.7 Å². The van der Waals surface area contributed by atoms with Gasteiger partial charge in [-0.3, -0.25) is 13.9 Å². The maximum atomic E-state index is 13.9. The van der Waals surface area contributed by atoms with Gasteiger partial charge in [-0.05, 0) is 49.9 Å². The molecule has 1 aliphatic carbocycles. The third-order valence-electron chi connectivity index (χ3n) is 6.79. The number of sulfonamides is 1. The molecule has 37 heavy (non-hydrogen) atoms. The number of carbonyl (C=O) groups excluding carboxylic acids is 2. The monoisotopic (exact) mass is 567 g/mol. The number of hydrogen-bond donors (Lipinski definition) is 1. The maximum absolute atomic E-state index is 13.9. The summed E-state index contributed by atoms with van der Waals surface area (Å²) in [5, 5.41) is 3.85. The van der Waals surface area contributed by atoms with Crippen LogP contribution in [-0.4, -0.2) is 50.0 Å². The summed E-state index contributed by atoms with van der Waals surface area (Å²) in [6, 6.07) is 11.3. The molecule has 1 atom stereocenters. The van der Waals surface area contributed by atoms with Crippen molar-refractivity contribution in [3.05, 3.63) is 63.6 Å². The van der Waals surface area contributed by atoms with Crippen LogP contribution in [0.5, 0.6) is 0 Å². The van der Waals surface area contributed by atoms with Crippen molar-refractivity contribution in [1.29, 1.82) is 0 Å². The molecule has 1 N–H and O–H groups in total. The number of hydrogen-bond acceptors (Lipinski definition) is 4. The van der Waals surface area contributed by atoms with Gasteiger partial charge in [0.15, 0.2) is 0 Å². The lowest BCUT2D eigenvalue weighted by Crippen LogP contribution is -2.54. The Morgan fingerprint density at radius 3 is 2.22 bits per heavy atom. The summed E-state index contributed by atoms with van der Waals surface area (Å²) in [6.45, 7) is 3.12. The summed E-state index contributed by atoms with van der Waals surface area (Å²) in [7, 11) is -3.80. The summed E-state index contributed by atoms with van der Waals surface area (Å²) < 4.78 is 26.6. The second-order valence-electron chi connectivity index (χ2n) is 9.55. The topological polar surface area (TPSA) is 86.8 Å². The van der Waals surface area contributed by atoms with Gasteiger partial charge in [-0.25, -0.2) is 8.42 Å². The van der Waals surface area contributed by atoms with Crippen LogP contribution in [0, 0.1) is 6.92 Å². The Hall–Kier alpha value is -2.29. The first kappa shape index (κ1) is 29.3. The molecule has 1 saturated carbocycles. The molecular formula is C27H35Cl2N3O4S. The van der Waals surface area contributed by atoms with Crippen LogP contribution in [0.4, 0.5) is 5.69 Å². The molecule has 1 aliphatic rings. The summed E-state index contributed by atoms with van der Waals surface area (Å²) in [6.07, 6.45) is 6.48. The zero-order valence-electron chi connectivity index (χ0n) is 21.5. The summed E-state index contributed by atoms with van der Waals surface area (Å²) >= 11 is 12.9. The first-order valence-corrected chi connectivity index (χ1v) is 15.2. The zero-order valence-corrected chi connectivity index (χ0v) is 23.9. The van der Waals surface area contributed by atoms with Gasteiger partial charge >= 0.3 is 0 Å². The van der Waals surface area contributed by atoms with Gasteiger partial charge in [-0.2, -0.15) is 0 Å². The smallest absolute Gasteiger partial charge is 0.244 e. The van der Waals surface area contributed by atoms with Gasteiger partial charge in [0.25, 0.3) is 0 Å². The van der Waals surface area contributed by atoms with Crippen molar-refractivity contribution in [3.8, 4) is 0 Å². The first-order valence-electron chi connectivity index (χ1n) is 12.6. The number of amides is 2. The van der Waals surface area contributed by atoms with Crippen molar-refractivity contribution >= 4 is 50.7 Å². The van der Waals surface area contributed by atoms with Crippen molar-refractivity contribution < 1.29 is 18.0 Å². The van der Waals surface area contributed by atoms with E-state index in [4.69, 9.17) is 23.2 Å². The van der Waals surface area contributed by atoms with E-state index in [1.165, 1.54) is 4.90 Å². The van der Waals surface area contributed by atoms with E-state index in [2.05, 4.69) is 5.32 Å². The van der Waals surface area contributed by atoms with Gasteiger partial charge in [-0.15, -0.1) is 0 Å². The van der Waals surface area contributed by atoms with E-state index < -0.39 is 28.5 Å². The Morgan fingerprint density at radius 1 is 1.03 bits per heavy atom. The second kappa shape index (κ2) is 13.0. The third kappa shape index (κ3) is 7.62. The SMILES string of the molecule is CCC(C(=O)NC1CCCCC1)N(Cc1c(Cl)cccc1Cl)C(=O)CN(c1ccccc1C)S(C)(=O)=O. The molecule has 1 fully saturated rings. The largest absolute Gasteiger partial charge is 0.352 e. The summed E-state index contributed by atoms with van der Waals surface area (Å²) in [5.41, 5.74) is 1.63. The molecule has 3 rings (SSSR count). The summed E-state index contributed by atoms with van der Waals surface area (Å²) in [4.78, 5) is 28.7. The van der Waals surface area contributed by atoms with Crippen molar-refractivity contribution in [2.75, 3.05) is 17.1 Å². The fourth-order valence-electron chi connectivity index (χ4n) is 4.76. The molecule has 7 nitrogen and oxygen atoms in total. The van der Waals surface area contributed by atoms with Gasteiger partial charge in [0, 0.05) is 28.2 Å². The molecule has 0 aromatic heterocycles. The van der Waals surface area contributed by atoms with Gasteiger partial charge in [0.05, 0.1) is 11.9 Å². The molecule has 2 amide bonds. The molecule has 0 aliphatic heterocycles. The molecule has 202 valence electrons. The van der Waals surface area contributed by atoms with Crippen LogP contribution in [0.15, 0.2) is 42.5 Å². The van der Waals surface area contributed by atoms with E-state index in [1.807, 2.05) is 6.92 Å². The minimum absolute atomic E-state index is 0.0285. The average Bonchev–Trinajstić information content (AvgIpc) is 2.84. The summed E-state index contributed by atoms with van der Waals surface area (Å²) in [5.74, 6) is -0.775. The molecule has 0 heterocycles. The highest BCUT2D eigenvalue weighted by molar-refractivity contribution is 7.92. The number of carbonyl (C=O) groups is 2. The standard InChI is InChI=1S/C27H35Cl2N3O4S/c1-4-24(27(34)30-20-12-6-5-7-13-20)31(17-21-22(28)14-10-15-23(21)29)26(33)18-32(37(3,35)36)25-16-9-8-11-19(25)2/h8-11,14-16,20,24H,4-7,12-13,17-18H2,1-3H3,(H,30,34). The third-order valence-corrected chi connectivity index (χ3v) is 8.63. The zero-order chi connectivity index (χ0) is 27.2. The van der Waals surface area contributed by atoms with Crippen molar-refractivity contribution in [3.63, 3.8) is 0 Å². The van der Waals surface area contributed by atoms with Crippen LogP contribution in [0.1, 0.15) is 56.6 Å². The average molecular weight is 569 g/mol. The highest BCUT2D eigenvalue weighted by Gasteiger charge is 2.33. The Bertz CT molecular complexity index is 1200. The van der Waals surface area contributed by atoms with Gasteiger partial charge < -0.3 is 10.2 Å².